The van der Waals surface area contributed by atoms with Gasteiger partial charge in [-0.05, 0) is 63.8 Å². The topological polar surface area (TPSA) is 48.8 Å². The Balaban J connectivity index is 1.04. The van der Waals surface area contributed by atoms with Crippen molar-refractivity contribution < 1.29 is 9.84 Å². The third-order valence-corrected chi connectivity index (χ3v) is 9.36. The first-order chi connectivity index (χ1) is 19.0. The first-order valence-corrected chi connectivity index (χ1v) is 14.3. The minimum absolute atomic E-state index is 0.274. The van der Waals surface area contributed by atoms with E-state index in [1.165, 1.54) is 22.3 Å². The van der Waals surface area contributed by atoms with E-state index in [0.717, 1.165) is 42.8 Å². The number of fused-ring (bicyclic) bond motifs is 6. The van der Waals surface area contributed by atoms with Gasteiger partial charge >= 0.3 is 0 Å². The van der Waals surface area contributed by atoms with Gasteiger partial charge < -0.3 is 9.84 Å². The van der Waals surface area contributed by atoms with E-state index >= 15 is 0 Å². The normalized spacial score (nSPS) is 24.7. The zero-order chi connectivity index (χ0) is 26.6. The lowest BCUT2D eigenvalue weighted by Crippen LogP contribution is -2.50. The van der Waals surface area contributed by atoms with Gasteiger partial charge in [-0.25, -0.2) is 0 Å². The van der Waals surface area contributed by atoms with Gasteiger partial charge in [-0.15, -0.1) is 0 Å². The molecular formula is C34H37N3O2. The Morgan fingerprint density at radius 1 is 0.821 bits per heavy atom. The monoisotopic (exact) mass is 519 g/mol. The average Bonchev–Trinajstić information content (AvgIpc) is 3.58. The van der Waals surface area contributed by atoms with Crippen LogP contribution in [-0.2, 0) is 0 Å². The van der Waals surface area contributed by atoms with E-state index in [9.17, 15) is 5.11 Å². The summed E-state index contributed by atoms with van der Waals surface area (Å²) in [6.07, 6.45) is 1.24. The van der Waals surface area contributed by atoms with Crippen LogP contribution in [0.3, 0.4) is 0 Å². The molecule has 0 amide bonds. The highest BCUT2D eigenvalue weighted by atomic mass is 16.5. The summed E-state index contributed by atoms with van der Waals surface area (Å²) in [4.78, 5) is 9.44. The summed E-state index contributed by atoms with van der Waals surface area (Å²) < 4.78 is 6.03. The van der Waals surface area contributed by atoms with Crippen LogP contribution in [0.2, 0.25) is 0 Å². The maximum atomic E-state index is 10.8. The van der Waals surface area contributed by atoms with Crippen LogP contribution in [0.1, 0.15) is 54.0 Å². The molecule has 4 atom stereocenters. The lowest BCUT2D eigenvalue weighted by molar-refractivity contribution is 0.0403. The molecule has 39 heavy (non-hydrogen) atoms. The highest BCUT2D eigenvalue weighted by Gasteiger charge is 2.61. The second kappa shape index (κ2) is 9.74. The first-order valence-electron chi connectivity index (χ1n) is 14.3. The number of aromatic nitrogens is 1. The van der Waals surface area contributed by atoms with Crippen molar-refractivity contribution in [1.82, 2.24) is 14.8 Å². The van der Waals surface area contributed by atoms with E-state index in [-0.39, 0.29) is 12.6 Å². The summed E-state index contributed by atoms with van der Waals surface area (Å²) in [6.45, 7) is 9.59. The van der Waals surface area contributed by atoms with Crippen LogP contribution in [0, 0.1) is 5.41 Å². The lowest BCUT2D eigenvalue weighted by Gasteiger charge is -2.41. The number of hydrogen-bond donors (Lipinski definition) is 1. The molecule has 1 N–H and O–H groups in total. The molecule has 3 aliphatic rings. The number of pyridine rings is 1. The molecule has 2 fully saturated rings. The predicted molar refractivity (Wildman–Crippen MR) is 155 cm³/mol. The molecule has 5 nitrogen and oxygen atoms in total. The summed E-state index contributed by atoms with van der Waals surface area (Å²) in [5, 5.41) is 11.8. The van der Waals surface area contributed by atoms with E-state index in [1.54, 1.807) is 6.20 Å². The Hall–Kier alpha value is -3.25. The van der Waals surface area contributed by atoms with Crippen LogP contribution < -0.4 is 4.74 Å². The zero-order valence-electron chi connectivity index (χ0n) is 22.8. The van der Waals surface area contributed by atoms with Gasteiger partial charge in [-0.2, -0.15) is 0 Å². The number of nitrogens with zero attached hydrogens (tertiary/aromatic N) is 3. The van der Waals surface area contributed by atoms with Gasteiger partial charge in [0.25, 0.3) is 0 Å². The van der Waals surface area contributed by atoms with Crippen LogP contribution >= 0.6 is 0 Å². The van der Waals surface area contributed by atoms with Gasteiger partial charge in [0.2, 0.25) is 0 Å². The van der Waals surface area contributed by atoms with Crippen molar-refractivity contribution >= 4 is 10.9 Å². The van der Waals surface area contributed by atoms with E-state index < -0.39 is 6.10 Å². The quantitative estimate of drug-likeness (QED) is 0.359. The minimum Gasteiger partial charge on any atom is -0.490 e. The van der Waals surface area contributed by atoms with E-state index in [4.69, 9.17) is 4.74 Å². The third kappa shape index (κ3) is 4.33. The van der Waals surface area contributed by atoms with Gasteiger partial charge in [0.15, 0.2) is 0 Å². The lowest BCUT2D eigenvalue weighted by atomic mass is 9.87. The summed E-state index contributed by atoms with van der Waals surface area (Å²) in [5.74, 6) is 1.96. The fraction of sp³-hybridized carbons (Fsp3) is 0.382. The second-order valence-corrected chi connectivity index (χ2v) is 12.1. The molecule has 1 aromatic heterocycles. The third-order valence-electron chi connectivity index (χ3n) is 9.36. The Kier molecular flexibility index (Phi) is 6.19. The number of hydrogen-bond acceptors (Lipinski definition) is 5. The predicted octanol–water partition coefficient (Wildman–Crippen LogP) is 5.60. The minimum atomic E-state index is -0.544. The number of piperazine rings is 1. The molecule has 0 bridgehead atoms. The van der Waals surface area contributed by atoms with Crippen molar-refractivity contribution in [3.8, 4) is 5.75 Å². The Bertz CT molecular complexity index is 1430. The number of ether oxygens (including phenoxy) is 1. The first kappa shape index (κ1) is 24.8. The summed E-state index contributed by atoms with van der Waals surface area (Å²) in [7, 11) is 0. The van der Waals surface area contributed by atoms with Crippen molar-refractivity contribution in [1.29, 1.82) is 0 Å². The van der Waals surface area contributed by atoms with E-state index in [0.29, 0.717) is 23.8 Å². The number of aliphatic hydroxyl groups is 1. The smallest absolute Gasteiger partial charge is 0.128 e. The van der Waals surface area contributed by atoms with E-state index in [2.05, 4.69) is 77.2 Å². The van der Waals surface area contributed by atoms with Gasteiger partial charge in [0, 0.05) is 44.3 Å². The van der Waals surface area contributed by atoms with Crippen LogP contribution in [-0.4, -0.2) is 65.3 Å². The maximum Gasteiger partial charge on any atom is 0.128 e. The van der Waals surface area contributed by atoms with Gasteiger partial charge in [0.05, 0.1) is 11.6 Å². The molecule has 1 aliphatic heterocycles. The van der Waals surface area contributed by atoms with E-state index in [1.807, 2.05) is 30.3 Å². The van der Waals surface area contributed by atoms with Crippen LogP contribution in [0.15, 0.2) is 85.1 Å². The SMILES string of the molecule is CC1(C)[C@@H]2c3ccccc3C(N3CCN(CC(O)COc4cccc5ncccc45)CC3)c3ccccc3[C@@H]21. The Morgan fingerprint density at radius 2 is 1.46 bits per heavy atom. The average molecular weight is 520 g/mol. The van der Waals surface area contributed by atoms with Crippen molar-refractivity contribution in [2.24, 2.45) is 5.41 Å². The standard InChI is InChI=1S/C34H37N3O2/c1-34(2)31-24-9-3-5-11-26(24)33(27-12-6-4-10-25(27)32(31)34)37-19-17-36(18-20-37)21-23(38)22-39-30-15-7-14-29-28(30)13-8-16-35-29/h3-16,23,31-33,38H,17-22H2,1-2H3/t23?,31-,32+,33?. The molecular weight excluding hydrogens is 482 g/mol. The summed E-state index contributed by atoms with van der Waals surface area (Å²) in [5.41, 5.74) is 7.24. The highest BCUT2D eigenvalue weighted by Crippen LogP contribution is 2.72. The number of rotatable bonds is 6. The molecule has 1 saturated carbocycles. The fourth-order valence-electron chi connectivity index (χ4n) is 7.39. The maximum absolute atomic E-state index is 10.8. The van der Waals surface area contributed by atoms with Crippen molar-refractivity contribution in [2.75, 3.05) is 39.3 Å². The summed E-state index contributed by atoms with van der Waals surface area (Å²) in [6, 6.07) is 28.4. The largest absolute Gasteiger partial charge is 0.490 e. The molecule has 5 heteroatoms. The number of benzene rings is 3. The molecule has 200 valence electrons. The summed E-state index contributed by atoms with van der Waals surface area (Å²) >= 11 is 0. The molecule has 2 unspecified atom stereocenters. The molecule has 7 rings (SSSR count). The molecule has 2 aliphatic carbocycles. The van der Waals surface area contributed by atoms with Crippen molar-refractivity contribution in [3.63, 3.8) is 0 Å². The molecule has 0 radical (unpaired) electrons. The van der Waals surface area contributed by atoms with Crippen molar-refractivity contribution in [2.45, 2.75) is 37.8 Å². The molecule has 4 aromatic rings. The second-order valence-electron chi connectivity index (χ2n) is 12.1. The van der Waals surface area contributed by atoms with Crippen molar-refractivity contribution in [3.05, 3.63) is 107 Å². The van der Waals surface area contributed by atoms with Crippen LogP contribution in [0.4, 0.5) is 0 Å². The Labute approximate surface area is 231 Å². The highest BCUT2D eigenvalue weighted by molar-refractivity contribution is 5.84. The van der Waals surface area contributed by atoms with Crippen LogP contribution in [0.25, 0.3) is 10.9 Å². The van der Waals surface area contributed by atoms with Gasteiger partial charge in [-0.3, -0.25) is 14.8 Å². The molecule has 2 heterocycles. The molecule has 0 spiro atoms. The number of aliphatic hydroxyl groups excluding tert-OH is 1. The fourth-order valence-corrected chi connectivity index (χ4v) is 7.39. The van der Waals surface area contributed by atoms with Gasteiger partial charge in [0.1, 0.15) is 18.5 Å². The number of β-amino-alcohol motifs (C(OH)–C–C–N with tert-alkyl or cyclic N) is 1. The van der Waals surface area contributed by atoms with Gasteiger partial charge in [-0.1, -0.05) is 68.4 Å². The molecule has 3 aromatic carbocycles. The molecule has 1 saturated heterocycles. The van der Waals surface area contributed by atoms with Crippen LogP contribution in [0.5, 0.6) is 5.75 Å². The Morgan fingerprint density at radius 3 is 2.13 bits per heavy atom. The zero-order valence-corrected chi connectivity index (χ0v) is 22.8.